The summed E-state index contributed by atoms with van der Waals surface area (Å²) >= 11 is 0. The van der Waals surface area contributed by atoms with E-state index in [2.05, 4.69) is 16.0 Å². The highest BCUT2D eigenvalue weighted by atomic mass is 16.6. The van der Waals surface area contributed by atoms with Crippen molar-refractivity contribution < 1.29 is 38.2 Å². The number of unbranched alkanes of at least 4 members (excludes halogenated alkanes) is 1. The molecule has 5 N–H and O–H groups in total. The molecule has 282 valence electrons. The maximum absolute atomic E-state index is 13.1. The van der Waals surface area contributed by atoms with Crippen LogP contribution in [0.1, 0.15) is 100.0 Å². The van der Waals surface area contributed by atoms with Gasteiger partial charge in [-0.3, -0.25) is 9.59 Å². The van der Waals surface area contributed by atoms with Gasteiger partial charge in [-0.2, -0.15) is 0 Å². The minimum absolute atomic E-state index is 0.0742. The van der Waals surface area contributed by atoms with E-state index in [4.69, 9.17) is 19.9 Å². The Bertz CT molecular complexity index is 1440. The molecule has 0 radical (unpaired) electrons. The summed E-state index contributed by atoms with van der Waals surface area (Å²) in [5.74, 6) is -2.20. The molecule has 0 aromatic heterocycles. The normalized spacial score (nSPS) is 13.6. The molecule has 2 aromatic rings. The molecule has 51 heavy (non-hydrogen) atoms. The van der Waals surface area contributed by atoms with Crippen molar-refractivity contribution >= 4 is 29.8 Å². The van der Waals surface area contributed by atoms with E-state index < -0.39 is 58.9 Å². The molecule has 12 nitrogen and oxygen atoms in total. The van der Waals surface area contributed by atoms with E-state index >= 15 is 0 Å². The van der Waals surface area contributed by atoms with E-state index in [1.165, 1.54) is 0 Å². The molecule has 3 atom stereocenters. The molecular weight excluding hydrogens is 652 g/mol. The van der Waals surface area contributed by atoms with Crippen molar-refractivity contribution in [1.29, 1.82) is 0 Å². The molecule has 0 saturated heterocycles. The average molecular weight is 711 g/mol. The van der Waals surface area contributed by atoms with Crippen molar-refractivity contribution in [3.8, 4) is 11.1 Å². The molecule has 0 unspecified atom stereocenters. The van der Waals surface area contributed by atoms with Crippen LogP contribution < -0.4 is 21.7 Å². The van der Waals surface area contributed by atoms with Gasteiger partial charge in [-0.1, -0.05) is 54.6 Å². The third-order valence-electron chi connectivity index (χ3n) is 7.12. The number of carbonyl (C=O) groups excluding carboxylic acids is 5. The highest BCUT2D eigenvalue weighted by molar-refractivity contribution is 5.87. The zero-order valence-corrected chi connectivity index (χ0v) is 31.7. The Kier molecular flexibility index (Phi) is 16.1. The van der Waals surface area contributed by atoms with Crippen molar-refractivity contribution in [3.05, 3.63) is 60.2 Å². The fraction of sp³-hybridized carbons (Fsp3) is 0.564. The molecule has 0 heterocycles. The third-order valence-corrected chi connectivity index (χ3v) is 7.12. The van der Waals surface area contributed by atoms with Gasteiger partial charge in [0, 0.05) is 13.0 Å². The number of nitrogens with two attached hydrogens (primary N) is 1. The minimum Gasteiger partial charge on any atom is -0.460 e. The van der Waals surface area contributed by atoms with Gasteiger partial charge in [0.25, 0.3) is 0 Å². The summed E-state index contributed by atoms with van der Waals surface area (Å²) in [5, 5.41) is 8.02. The maximum Gasteiger partial charge on any atom is 0.329 e. The number of hydrogen-bond acceptors (Lipinski definition) is 9. The number of nitrogens with one attached hydrogen (secondary N) is 3. The summed E-state index contributed by atoms with van der Waals surface area (Å²) in [6.45, 7) is 15.7. The van der Waals surface area contributed by atoms with E-state index in [0.717, 1.165) is 16.7 Å². The van der Waals surface area contributed by atoms with Crippen molar-refractivity contribution in [2.45, 2.75) is 136 Å². The fourth-order valence-corrected chi connectivity index (χ4v) is 4.88. The Morgan fingerprint density at radius 3 is 1.65 bits per heavy atom. The summed E-state index contributed by atoms with van der Waals surface area (Å²) < 4.78 is 16.3. The van der Waals surface area contributed by atoms with Crippen LogP contribution in [0.5, 0.6) is 0 Å². The number of ether oxygens (including phenoxy) is 3. The first kappa shape index (κ1) is 42.7. The molecule has 2 rings (SSSR count). The van der Waals surface area contributed by atoms with Crippen LogP contribution >= 0.6 is 0 Å². The van der Waals surface area contributed by atoms with Gasteiger partial charge in [0.05, 0.1) is 6.04 Å². The van der Waals surface area contributed by atoms with Crippen molar-refractivity contribution in [2.75, 3.05) is 6.54 Å². The summed E-state index contributed by atoms with van der Waals surface area (Å²) in [6.07, 6.45) is 1.32. The average Bonchev–Trinajstić information content (AvgIpc) is 3.00. The first-order chi connectivity index (χ1) is 23.6. The molecule has 12 heteroatoms. The summed E-state index contributed by atoms with van der Waals surface area (Å²) in [6, 6.07) is 14.2. The lowest BCUT2D eigenvalue weighted by Crippen LogP contribution is -2.53. The highest BCUT2D eigenvalue weighted by Crippen LogP contribution is 2.20. The van der Waals surface area contributed by atoms with E-state index in [0.29, 0.717) is 25.8 Å². The third kappa shape index (κ3) is 17.9. The lowest BCUT2D eigenvalue weighted by Gasteiger charge is -2.27. The first-order valence-corrected chi connectivity index (χ1v) is 17.5. The molecule has 2 aromatic carbocycles. The summed E-state index contributed by atoms with van der Waals surface area (Å²) in [4.78, 5) is 64.3. The number of rotatable bonds is 16. The Labute approximate surface area is 302 Å². The quantitative estimate of drug-likeness (QED) is 0.102. The maximum atomic E-state index is 13.1. The monoisotopic (exact) mass is 710 g/mol. The molecule has 0 saturated carbocycles. The van der Waals surface area contributed by atoms with Gasteiger partial charge >= 0.3 is 23.9 Å². The van der Waals surface area contributed by atoms with Crippen LogP contribution in [0.15, 0.2) is 54.6 Å². The van der Waals surface area contributed by atoms with Crippen LogP contribution in [0.4, 0.5) is 4.79 Å². The van der Waals surface area contributed by atoms with Gasteiger partial charge in [-0.05, 0) is 111 Å². The standard InChI is InChI=1S/C39H58N4O8/c1-37(2,3)49-32(44)23-22-31(35(47)51-39(7,8)9)43-36(48)42-30(34(46)50-38(4,5)6)17-13-14-24-41-33(45)29(40)25-26-18-20-28(21-19-26)27-15-11-10-12-16-27/h10-12,15-16,18-21,29-31H,13-14,17,22-25,40H2,1-9H3,(H,41,45)(H2,42,43,48)/t29-,30-,31-/m0/s1. The highest BCUT2D eigenvalue weighted by Gasteiger charge is 2.31. The van der Waals surface area contributed by atoms with Gasteiger partial charge < -0.3 is 35.9 Å². The second-order valence-corrected chi connectivity index (χ2v) is 15.6. The minimum atomic E-state index is -1.18. The SMILES string of the molecule is CC(C)(C)OC(=O)CC[C@H](NC(=O)N[C@@H](CCCCNC(=O)[C@@H](N)Cc1ccc(-c2ccccc2)cc1)C(=O)OC(C)(C)C)C(=O)OC(C)(C)C. The van der Waals surface area contributed by atoms with Gasteiger partial charge in [-0.15, -0.1) is 0 Å². The Morgan fingerprint density at radius 2 is 1.14 bits per heavy atom. The van der Waals surface area contributed by atoms with Crippen LogP contribution in [0.2, 0.25) is 0 Å². The van der Waals surface area contributed by atoms with E-state index in [-0.39, 0.29) is 25.2 Å². The van der Waals surface area contributed by atoms with Crippen LogP contribution in [0.25, 0.3) is 11.1 Å². The smallest absolute Gasteiger partial charge is 0.329 e. The van der Waals surface area contributed by atoms with Gasteiger partial charge in [0.15, 0.2) is 0 Å². The van der Waals surface area contributed by atoms with Crippen molar-refractivity contribution in [1.82, 2.24) is 16.0 Å². The molecule has 0 fully saturated rings. The van der Waals surface area contributed by atoms with E-state index in [1.54, 1.807) is 62.3 Å². The second-order valence-electron chi connectivity index (χ2n) is 15.6. The summed E-state index contributed by atoms with van der Waals surface area (Å²) in [7, 11) is 0. The van der Waals surface area contributed by atoms with E-state index in [1.807, 2.05) is 54.6 Å². The molecule has 0 bridgehead atoms. The number of esters is 3. The van der Waals surface area contributed by atoms with E-state index in [9.17, 15) is 24.0 Å². The summed E-state index contributed by atoms with van der Waals surface area (Å²) in [5.41, 5.74) is 6.95. The number of carbonyl (C=O) groups is 5. The predicted molar refractivity (Wildman–Crippen MR) is 196 cm³/mol. The number of hydrogen-bond donors (Lipinski definition) is 4. The second kappa shape index (κ2) is 19.2. The Morgan fingerprint density at radius 1 is 0.647 bits per heavy atom. The zero-order valence-electron chi connectivity index (χ0n) is 31.7. The molecular formula is C39H58N4O8. The molecule has 0 aliphatic carbocycles. The van der Waals surface area contributed by atoms with Gasteiger partial charge in [0.1, 0.15) is 28.9 Å². The largest absolute Gasteiger partial charge is 0.460 e. The van der Waals surface area contributed by atoms with Crippen molar-refractivity contribution in [2.24, 2.45) is 5.73 Å². The van der Waals surface area contributed by atoms with Crippen LogP contribution in [0, 0.1) is 0 Å². The lowest BCUT2D eigenvalue weighted by atomic mass is 10.0. The molecule has 3 amide bonds. The zero-order chi connectivity index (χ0) is 38.4. The van der Waals surface area contributed by atoms with Gasteiger partial charge in [0.2, 0.25) is 5.91 Å². The Balaban J connectivity index is 1.95. The Hall–Kier alpha value is -4.45. The van der Waals surface area contributed by atoms with Gasteiger partial charge in [-0.25, -0.2) is 14.4 Å². The molecule has 0 aliphatic heterocycles. The molecule has 0 spiro atoms. The fourth-order valence-electron chi connectivity index (χ4n) is 4.88. The van der Waals surface area contributed by atoms with Crippen LogP contribution in [-0.2, 0) is 39.8 Å². The van der Waals surface area contributed by atoms with Crippen LogP contribution in [-0.4, -0.2) is 71.3 Å². The topological polar surface area (TPSA) is 175 Å². The van der Waals surface area contributed by atoms with Crippen molar-refractivity contribution in [3.63, 3.8) is 0 Å². The predicted octanol–water partition coefficient (Wildman–Crippen LogP) is 5.35. The lowest BCUT2D eigenvalue weighted by molar-refractivity contribution is -0.159. The number of benzene rings is 2. The number of urea groups is 1. The van der Waals surface area contributed by atoms with Crippen LogP contribution in [0.3, 0.4) is 0 Å². The first-order valence-electron chi connectivity index (χ1n) is 17.5. The molecule has 0 aliphatic rings. The number of amides is 3.